The number of benzene rings is 1. The molecule has 120 valence electrons. The van der Waals surface area contributed by atoms with E-state index in [9.17, 15) is 4.79 Å². The van der Waals surface area contributed by atoms with Gasteiger partial charge in [0.25, 0.3) is 11.8 Å². The summed E-state index contributed by atoms with van der Waals surface area (Å²) in [5, 5.41) is 3.87. The highest BCUT2D eigenvalue weighted by molar-refractivity contribution is 9.10. The van der Waals surface area contributed by atoms with E-state index in [1.165, 1.54) is 4.90 Å². The van der Waals surface area contributed by atoms with Crippen molar-refractivity contribution >= 4 is 21.8 Å². The molecule has 2 aromatic rings. The summed E-state index contributed by atoms with van der Waals surface area (Å²) < 4.78 is 21.1. The second-order valence-corrected chi connectivity index (χ2v) is 7.10. The van der Waals surface area contributed by atoms with Crippen LogP contribution in [-0.4, -0.2) is 34.0 Å². The van der Waals surface area contributed by atoms with Gasteiger partial charge in [-0.15, -0.1) is 0 Å². The third-order valence-electron chi connectivity index (χ3n) is 4.35. The highest BCUT2D eigenvalue weighted by Crippen LogP contribution is 2.41. The minimum atomic E-state index is -1.75. The van der Waals surface area contributed by atoms with Crippen molar-refractivity contribution < 1.29 is 13.7 Å². The van der Waals surface area contributed by atoms with Gasteiger partial charge in [0, 0.05) is 28.9 Å². The average Bonchev–Trinajstić information content (AvgIpc) is 3.12. The van der Waals surface area contributed by atoms with Crippen LogP contribution in [0.3, 0.4) is 0 Å². The largest absolute Gasteiger partial charge is 0.336 e. The molecule has 1 saturated heterocycles. The quantitative estimate of drug-likeness (QED) is 0.819. The second-order valence-electron chi connectivity index (χ2n) is 6.18. The van der Waals surface area contributed by atoms with Crippen LogP contribution >= 0.6 is 15.9 Å². The van der Waals surface area contributed by atoms with Crippen LogP contribution in [0.5, 0.6) is 0 Å². The van der Waals surface area contributed by atoms with Crippen LogP contribution in [0, 0.1) is 0 Å². The van der Waals surface area contributed by atoms with E-state index in [1.54, 1.807) is 18.2 Å². The van der Waals surface area contributed by atoms with Crippen molar-refractivity contribution in [2.24, 2.45) is 0 Å². The Balaban J connectivity index is 1.52. The van der Waals surface area contributed by atoms with Gasteiger partial charge in [-0.1, -0.05) is 27.2 Å². The van der Waals surface area contributed by atoms with Gasteiger partial charge in [0.1, 0.15) is 0 Å². The average molecular weight is 380 g/mol. The van der Waals surface area contributed by atoms with E-state index >= 15 is 4.39 Å². The first kappa shape index (κ1) is 14.8. The monoisotopic (exact) mass is 379 g/mol. The standard InChI is InChI=1S/C16H15BrFN3O2/c17-12-3-1-2-11(8-12)14(22)21-7-6-16(18,9-21)15-19-13(20-23-15)10-4-5-10/h1-3,8,10H,4-7,9H2. The number of hydrogen-bond acceptors (Lipinski definition) is 4. The topological polar surface area (TPSA) is 59.2 Å². The third-order valence-corrected chi connectivity index (χ3v) is 4.84. The lowest BCUT2D eigenvalue weighted by atomic mass is 10.1. The molecule has 7 heteroatoms. The van der Waals surface area contributed by atoms with Crippen molar-refractivity contribution in [1.82, 2.24) is 15.0 Å². The summed E-state index contributed by atoms with van der Waals surface area (Å²) in [6.45, 7) is 0.285. The van der Waals surface area contributed by atoms with E-state index in [0.29, 0.717) is 23.9 Å². The summed E-state index contributed by atoms with van der Waals surface area (Å²) in [5.74, 6) is 0.724. The predicted octanol–water partition coefficient (Wildman–Crippen LogP) is 3.42. The molecular weight excluding hydrogens is 365 g/mol. The van der Waals surface area contributed by atoms with E-state index < -0.39 is 5.67 Å². The van der Waals surface area contributed by atoms with Gasteiger partial charge in [0.05, 0.1) is 6.54 Å². The molecule has 1 aliphatic carbocycles. The van der Waals surface area contributed by atoms with Crippen molar-refractivity contribution in [2.45, 2.75) is 30.8 Å². The first-order chi connectivity index (χ1) is 11.0. The molecule has 0 spiro atoms. The normalized spacial score (nSPS) is 24.2. The van der Waals surface area contributed by atoms with Gasteiger partial charge in [-0.25, -0.2) is 4.39 Å². The molecule has 1 atom stereocenters. The van der Waals surface area contributed by atoms with Gasteiger partial charge in [-0.3, -0.25) is 4.79 Å². The molecule has 5 nitrogen and oxygen atoms in total. The molecule has 0 N–H and O–H groups in total. The zero-order chi connectivity index (χ0) is 16.0. The van der Waals surface area contributed by atoms with Crippen molar-refractivity contribution in [1.29, 1.82) is 0 Å². The Kier molecular flexibility index (Phi) is 3.48. The van der Waals surface area contributed by atoms with Crippen molar-refractivity contribution in [3.63, 3.8) is 0 Å². The van der Waals surface area contributed by atoms with E-state index in [2.05, 4.69) is 26.1 Å². The lowest BCUT2D eigenvalue weighted by Gasteiger charge is -2.18. The van der Waals surface area contributed by atoms with Crippen molar-refractivity contribution in [2.75, 3.05) is 13.1 Å². The first-order valence-corrected chi connectivity index (χ1v) is 8.42. The van der Waals surface area contributed by atoms with E-state index in [4.69, 9.17) is 4.52 Å². The minimum absolute atomic E-state index is 0.00365. The molecule has 1 unspecified atom stereocenters. The number of carbonyl (C=O) groups excluding carboxylic acids is 1. The predicted molar refractivity (Wildman–Crippen MR) is 83.7 cm³/mol. The number of hydrogen-bond donors (Lipinski definition) is 0. The van der Waals surface area contributed by atoms with Gasteiger partial charge < -0.3 is 9.42 Å². The Bertz CT molecular complexity index is 761. The molecular formula is C16H15BrFN3O2. The number of carbonyl (C=O) groups is 1. The smallest absolute Gasteiger partial charge is 0.266 e. The van der Waals surface area contributed by atoms with E-state index in [-0.39, 0.29) is 24.8 Å². The summed E-state index contributed by atoms with van der Waals surface area (Å²) in [6.07, 6.45) is 2.25. The van der Waals surface area contributed by atoms with Crippen molar-refractivity contribution in [3.8, 4) is 0 Å². The maximum atomic E-state index is 15.1. The lowest BCUT2D eigenvalue weighted by Crippen LogP contribution is -2.32. The SMILES string of the molecule is O=C(c1cccc(Br)c1)N1CCC(F)(c2nc(C3CC3)no2)C1. The fourth-order valence-corrected chi connectivity index (χ4v) is 3.25. The van der Waals surface area contributed by atoms with Crippen molar-refractivity contribution in [3.05, 3.63) is 46.0 Å². The number of rotatable bonds is 3. The van der Waals surface area contributed by atoms with Crippen LogP contribution < -0.4 is 0 Å². The molecule has 0 radical (unpaired) electrons. The Labute approximate surface area is 141 Å². The highest BCUT2D eigenvalue weighted by Gasteiger charge is 2.47. The molecule has 2 fully saturated rings. The van der Waals surface area contributed by atoms with Gasteiger partial charge in [0.2, 0.25) is 5.67 Å². The zero-order valence-electron chi connectivity index (χ0n) is 12.3. The summed E-state index contributed by atoms with van der Waals surface area (Å²) in [5.41, 5.74) is -1.21. The van der Waals surface area contributed by atoms with Crippen LogP contribution in [0.2, 0.25) is 0 Å². The molecule has 23 heavy (non-hydrogen) atoms. The number of alkyl halides is 1. The third kappa shape index (κ3) is 2.78. The number of amides is 1. The number of aromatic nitrogens is 2. The summed E-state index contributed by atoms with van der Waals surface area (Å²) in [6, 6.07) is 7.09. The van der Waals surface area contributed by atoms with Crippen LogP contribution in [0.1, 0.15) is 47.3 Å². The van der Waals surface area contributed by atoms with Crippen LogP contribution in [0.15, 0.2) is 33.3 Å². The summed E-state index contributed by atoms with van der Waals surface area (Å²) >= 11 is 3.34. The number of likely N-dealkylation sites (tertiary alicyclic amines) is 1. The molecule has 1 aromatic heterocycles. The van der Waals surface area contributed by atoms with Gasteiger partial charge in [0.15, 0.2) is 5.82 Å². The van der Waals surface area contributed by atoms with Crippen LogP contribution in [0.25, 0.3) is 0 Å². The highest BCUT2D eigenvalue weighted by atomic mass is 79.9. The van der Waals surface area contributed by atoms with Gasteiger partial charge >= 0.3 is 0 Å². The Hall–Kier alpha value is -1.76. The first-order valence-electron chi connectivity index (χ1n) is 7.63. The van der Waals surface area contributed by atoms with Gasteiger partial charge in [-0.2, -0.15) is 4.98 Å². The molecule has 1 saturated carbocycles. The van der Waals surface area contributed by atoms with Crippen LogP contribution in [0.4, 0.5) is 4.39 Å². The second kappa shape index (κ2) is 5.40. The molecule has 1 amide bonds. The molecule has 1 aliphatic heterocycles. The molecule has 1 aromatic carbocycles. The minimum Gasteiger partial charge on any atom is -0.336 e. The molecule has 2 heterocycles. The molecule has 4 rings (SSSR count). The number of nitrogens with zero attached hydrogens (tertiary/aromatic N) is 3. The van der Waals surface area contributed by atoms with E-state index in [1.807, 2.05) is 6.07 Å². The Morgan fingerprint density at radius 2 is 2.26 bits per heavy atom. The Morgan fingerprint density at radius 3 is 3.00 bits per heavy atom. The fourth-order valence-electron chi connectivity index (χ4n) is 2.85. The van der Waals surface area contributed by atoms with E-state index in [0.717, 1.165) is 17.3 Å². The maximum absolute atomic E-state index is 15.1. The number of halogens is 2. The van der Waals surface area contributed by atoms with Gasteiger partial charge in [-0.05, 0) is 31.0 Å². The lowest BCUT2D eigenvalue weighted by molar-refractivity contribution is 0.0717. The van der Waals surface area contributed by atoms with Crippen LogP contribution in [-0.2, 0) is 5.67 Å². The Morgan fingerprint density at radius 1 is 1.43 bits per heavy atom. The summed E-state index contributed by atoms with van der Waals surface area (Å²) in [4.78, 5) is 18.2. The summed E-state index contributed by atoms with van der Waals surface area (Å²) in [7, 11) is 0. The molecule has 0 bridgehead atoms. The zero-order valence-corrected chi connectivity index (χ0v) is 13.9. The maximum Gasteiger partial charge on any atom is 0.266 e. The fraction of sp³-hybridized carbons (Fsp3) is 0.438. The molecule has 2 aliphatic rings.